The van der Waals surface area contributed by atoms with E-state index in [0.29, 0.717) is 5.56 Å². The first-order valence-electron chi connectivity index (χ1n) is 7.25. The van der Waals surface area contributed by atoms with E-state index in [-0.39, 0.29) is 23.2 Å². The highest BCUT2D eigenvalue weighted by molar-refractivity contribution is 7.89. The summed E-state index contributed by atoms with van der Waals surface area (Å²) < 4.78 is 32.8. The highest BCUT2D eigenvalue weighted by Crippen LogP contribution is 2.25. The molecule has 136 valence electrons. The Balaban J connectivity index is 0.00000312. The van der Waals surface area contributed by atoms with Crippen LogP contribution >= 0.6 is 24.0 Å². The highest BCUT2D eigenvalue weighted by atomic mass is 35.5. The first-order valence-corrected chi connectivity index (χ1v) is 9.17. The molecule has 0 bridgehead atoms. The summed E-state index contributed by atoms with van der Waals surface area (Å²) in [5.74, 6) is -0.211. The number of ether oxygens (including phenoxy) is 1. The molecule has 0 saturated carbocycles. The van der Waals surface area contributed by atoms with Crippen molar-refractivity contribution in [3.8, 4) is 0 Å². The highest BCUT2D eigenvalue weighted by Gasteiger charge is 2.30. The van der Waals surface area contributed by atoms with Gasteiger partial charge in [0.2, 0.25) is 15.9 Å². The van der Waals surface area contributed by atoms with Gasteiger partial charge in [-0.25, -0.2) is 13.1 Å². The predicted octanol–water partition coefficient (Wildman–Crippen LogP) is 3.67. The lowest BCUT2D eigenvalue weighted by Gasteiger charge is -2.23. The Labute approximate surface area is 159 Å². The van der Waals surface area contributed by atoms with Gasteiger partial charge in [-0.05, 0) is 24.6 Å². The molecule has 0 radical (unpaired) electrons. The summed E-state index contributed by atoms with van der Waals surface area (Å²) in [4.78, 5) is 0.141. The Morgan fingerprint density at radius 1 is 1.12 bits per heavy atom. The summed E-state index contributed by atoms with van der Waals surface area (Å²) in [5, 5.41) is 6.80. The molecule has 0 saturated heterocycles. The van der Waals surface area contributed by atoms with Gasteiger partial charge in [0, 0.05) is 0 Å². The Morgan fingerprint density at radius 3 is 2.20 bits per heavy atom. The number of sulfonamides is 1. The van der Waals surface area contributed by atoms with E-state index >= 15 is 0 Å². The number of alkyl halides is 1. The average Bonchev–Trinajstić information content (AvgIpc) is 2.59. The Hall–Kier alpha value is -1.60. The number of hydrogen-bond acceptors (Lipinski definition) is 4. The summed E-state index contributed by atoms with van der Waals surface area (Å²) in [6.45, 7) is 1.88. The summed E-state index contributed by atoms with van der Waals surface area (Å²) in [7, 11) is -2.47. The summed E-state index contributed by atoms with van der Waals surface area (Å²) in [6.07, 6.45) is 0. The topological polar surface area (TPSA) is 79.2 Å². The molecule has 0 unspecified atom stereocenters. The molecule has 8 heteroatoms. The molecular weight excluding hydrogens is 383 g/mol. The van der Waals surface area contributed by atoms with Gasteiger partial charge < -0.3 is 4.74 Å². The van der Waals surface area contributed by atoms with Gasteiger partial charge in [0.05, 0.1) is 18.0 Å². The molecular formula is C17H20Cl2N2O3S. The van der Waals surface area contributed by atoms with Crippen LogP contribution in [-0.4, -0.2) is 26.8 Å². The lowest BCUT2D eigenvalue weighted by Crippen LogP contribution is -2.37. The Kier molecular flexibility index (Phi) is 7.89. The first kappa shape index (κ1) is 21.4. The van der Waals surface area contributed by atoms with Crippen LogP contribution in [0.5, 0.6) is 0 Å². The van der Waals surface area contributed by atoms with E-state index < -0.39 is 21.4 Å². The van der Waals surface area contributed by atoms with Crippen LogP contribution in [0.15, 0.2) is 59.5 Å². The monoisotopic (exact) mass is 402 g/mol. The fraction of sp³-hybridized carbons (Fsp3) is 0.235. The molecule has 2 rings (SSSR count). The molecule has 2 N–H and O–H groups in total. The third kappa shape index (κ3) is 5.44. The van der Waals surface area contributed by atoms with Gasteiger partial charge in [-0.1, -0.05) is 48.0 Å². The zero-order valence-electron chi connectivity index (χ0n) is 13.8. The van der Waals surface area contributed by atoms with E-state index in [1.807, 2.05) is 13.0 Å². The molecule has 0 aliphatic rings. The third-order valence-corrected chi connectivity index (χ3v) is 5.44. The van der Waals surface area contributed by atoms with Crippen LogP contribution in [0.25, 0.3) is 0 Å². The second-order valence-electron chi connectivity index (χ2n) is 5.29. The Morgan fingerprint density at radius 2 is 1.68 bits per heavy atom. The number of rotatable bonds is 6. The molecule has 0 heterocycles. The fourth-order valence-electron chi connectivity index (χ4n) is 2.17. The Bertz CT molecular complexity index is 796. The van der Waals surface area contributed by atoms with Crippen LogP contribution in [0.4, 0.5) is 0 Å². The van der Waals surface area contributed by atoms with Crippen molar-refractivity contribution >= 4 is 39.9 Å². The van der Waals surface area contributed by atoms with Gasteiger partial charge in [-0.15, -0.1) is 24.0 Å². The smallest absolute Gasteiger partial charge is 0.241 e. The second kappa shape index (κ2) is 9.20. The minimum atomic E-state index is -3.80. The van der Waals surface area contributed by atoms with Crippen LogP contribution < -0.4 is 4.72 Å². The number of halogens is 2. The summed E-state index contributed by atoms with van der Waals surface area (Å²) in [5.41, 5.74) is 1.61. The molecule has 2 atom stereocenters. The van der Waals surface area contributed by atoms with Gasteiger partial charge in [0.15, 0.2) is 0 Å². The van der Waals surface area contributed by atoms with E-state index in [2.05, 4.69) is 4.72 Å². The zero-order valence-corrected chi connectivity index (χ0v) is 16.2. The van der Waals surface area contributed by atoms with Crippen LogP contribution in [0, 0.1) is 12.3 Å². The van der Waals surface area contributed by atoms with Gasteiger partial charge in [-0.2, -0.15) is 0 Å². The number of benzene rings is 2. The quantitative estimate of drug-likeness (QED) is 0.439. The molecule has 25 heavy (non-hydrogen) atoms. The van der Waals surface area contributed by atoms with Crippen LogP contribution in [0.3, 0.4) is 0 Å². The van der Waals surface area contributed by atoms with Crippen molar-refractivity contribution in [3.63, 3.8) is 0 Å². The van der Waals surface area contributed by atoms with E-state index in [0.717, 1.165) is 5.56 Å². The molecule has 0 aliphatic heterocycles. The molecule has 0 aromatic heterocycles. The molecule has 0 amide bonds. The molecule has 2 aromatic carbocycles. The van der Waals surface area contributed by atoms with Crippen LogP contribution in [0.2, 0.25) is 0 Å². The van der Waals surface area contributed by atoms with Crippen LogP contribution in [-0.2, 0) is 14.8 Å². The standard InChI is InChI=1S/C17H19ClN2O3S.ClH/c1-12-8-10-14(11-9-12)24(21,22)20-16(15(18)17(19)23-2)13-6-4-3-5-7-13;/h3-11,15-16,19-20H,1-2H3;1H/t15-,16-;/m1./s1. The summed E-state index contributed by atoms with van der Waals surface area (Å²) in [6, 6.07) is 14.6. The zero-order chi connectivity index (χ0) is 17.7. The van der Waals surface area contributed by atoms with Crippen molar-refractivity contribution in [1.82, 2.24) is 4.72 Å². The van der Waals surface area contributed by atoms with Crippen molar-refractivity contribution in [2.24, 2.45) is 0 Å². The maximum Gasteiger partial charge on any atom is 0.241 e. The van der Waals surface area contributed by atoms with Crippen LogP contribution in [0.1, 0.15) is 17.2 Å². The number of nitrogens with one attached hydrogen (secondary N) is 2. The maximum atomic E-state index is 12.7. The minimum absolute atomic E-state index is 0. The lowest BCUT2D eigenvalue weighted by atomic mass is 10.0. The van der Waals surface area contributed by atoms with Crippen molar-refractivity contribution < 1.29 is 13.2 Å². The normalized spacial score (nSPS) is 13.4. The molecule has 0 fully saturated rings. The number of hydrogen-bond donors (Lipinski definition) is 2. The fourth-order valence-corrected chi connectivity index (χ4v) is 3.78. The van der Waals surface area contributed by atoms with Crippen molar-refractivity contribution in [1.29, 1.82) is 5.41 Å². The molecule has 5 nitrogen and oxygen atoms in total. The lowest BCUT2D eigenvalue weighted by molar-refractivity contribution is 0.379. The predicted molar refractivity (Wildman–Crippen MR) is 102 cm³/mol. The van der Waals surface area contributed by atoms with Crippen molar-refractivity contribution in [2.75, 3.05) is 7.11 Å². The minimum Gasteiger partial charge on any atom is -0.483 e. The number of aryl methyl sites for hydroxylation is 1. The van der Waals surface area contributed by atoms with Crippen molar-refractivity contribution in [3.05, 3.63) is 65.7 Å². The van der Waals surface area contributed by atoms with E-state index in [4.69, 9.17) is 21.7 Å². The third-order valence-electron chi connectivity index (χ3n) is 3.54. The molecule has 0 spiro atoms. The SMILES string of the molecule is COC(=N)[C@H](Cl)[C@H](NS(=O)(=O)c1ccc(C)cc1)c1ccccc1.Cl. The average molecular weight is 403 g/mol. The van der Waals surface area contributed by atoms with Crippen molar-refractivity contribution in [2.45, 2.75) is 23.2 Å². The molecule has 2 aromatic rings. The largest absolute Gasteiger partial charge is 0.483 e. The van der Waals surface area contributed by atoms with E-state index in [9.17, 15) is 8.42 Å². The van der Waals surface area contributed by atoms with Gasteiger partial charge in [0.1, 0.15) is 5.38 Å². The van der Waals surface area contributed by atoms with Gasteiger partial charge in [-0.3, -0.25) is 5.41 Å². The van der Waals surface area contributed by atoms with E-state index in [1.165, 1.54) is 19.2 Å². The second-order valence-corrected chi connectivity index (χ2v) is 7.48. The number of methoxy groups -OCH3 is 1. The molecule has 0 aliphatic carbocycles. The first-order chi connectivity index (χ1) is 11.3. The van der Waals surface area contributed by atoms with E-state index in [1.54, 1.807) is 36.4 Å². The van der Waals surface area contributed by atoms with Gasteiger partial charge >= 0.3 is 0 Å². The maximum absolute atomic E-state index is 12.7. The summed E-state index contributed by atoms with van der Waals surface area (Å²) >= 11 is 6.27. The van der Waals surface area contributed by atoms with Gasteiger partial charge in [0.25, 0.3) is 0 Å².